The molecule has 0 saturated carbocycles. The molecule has 0 bridgehead atoms. The zero-order chi connectivity index (χ0) is 17.2. The van der Waals surface area contributed by atoms with Crippen molar-refractivity contribution < 1.29 is 9.59 Å². The molecule has 3 aromatic rings. The van der Waals surface area contributed by atoms with Crippen molar-refractivity contribution in [3.63, 3.8) is 0 Å². The van der Waals surface area contributed by atoms with Gasteiger partial charge in [0.05, 0.1) is 5.69 Å². The number of fused-ring (bicyclic) bond motifs is 1. The van der Waals surface area contributed by atoms with Gasteiger partial charge in [0.25, 0.3) is 5.91 Å². The molecule has 4 rings (SSSR count). The van der Waals surface area contributed by atoms with E-state index in [-0.39, 0.29) is 11.7 Å². The fourth-order valence-electron chi connectivity index (χ4n) is 3.03. The van der Waals surface area contributed by atoms with Gasteiger partial charge in [0.1, 0.15) is 5.00 Å². The first kappa shape index (κ1) is 15.7. The summed E-state index contributed by atoms with van der Waals surface area (Å²) in [6.45, 7) is 0. The largest absolute Gasteiger partial charge is 0.312 e. The third-order valence-electron chi connectivity index (χ3n) is 4.38. The second kappa shape index (κ2) is 6.61. The molecule has 1 aliphatic rings. The SMILES string of the molecule is O=C(Nc1snc2c1CCC2)c1ccc(C(=O)c2ccccc2)cc1. The highest BCUT2D eigenvalue weighted by Gasteiger charge is 2.20. The Kier molecular flexibility index (Phi) is 4.15. The predicted molar refractivity (Wildman–Crippen MR) is 98.4 cm³/mol. The average molecular weight is 348 g/mol. The molecule has 1 heterocycles. The zero-order valence-corrected chi connectivity index (χ0v) is 14.3. The highest BCUT2D eigenvalue weighted by atomic mass is 32.1. The van der Waals surface area contributed by atoms with Gasteiger partial charge in [-0.1, -0.05) is 42.5 Å². The highest BCUT2D eigenvalue weighted by molar-refractivity contribution is 7.10. The van der Waals surface area contributed by atoms with Crippen LogP contribution in [-0.4, -0.2) is 16.1 Å². The summed E-state index contributed by atoms with van der Waals surface area (Å²) < 4.78 is 4.40. The van der Waals surface area contributed by atoms with E-state index in [4.69, 9.17) is 0 Å². The summed E-state index contributed by atoms with van der Waals surface area (Å²) in [6.07, 6.45) is 3.08. The third kappa shape index (κ3) is 3.10. The van der Waals surface area contributed by atoms with E-state index in [0.717, 1.165) is 30.0 Å². The second-order valence-corrected chi connectivity index (χ2v) is 6.79. The number of rotatable bonds is 4. The molecule has 0 radical (unpaired) electrons. The molecule has 1 aromatic heterocycles. The molecule has 0 spiro atoms. The summed E-state index contributed by atoms with van der Waals surface area (Å²) in [4.78, 5) is 24.9. The molecule has 1 aliphatic carbocycles. The highest BCUT2D eigenvalue weighted by Crippen LogP contribution is 2.32. The van der Waals surface area contributed by atoms with Crippen LogP contribution in [0, 0.1) is 0 Å². The van der Waals surface area contributed by atoms with Crippen molar-refractivity contribution in [2.75, 3.05) is 5.32 Å². The molecule has 124 valence electrons. The van der Waals surface area contributed by atoms with Crippen LogP contribution < -0.4 is 5.32 Å². The lowest BCUT2D eigenvalue weighted by Crippen LogP contribution is -2.12. The number of amides is 1. The van der Waals surface area contributed by atoms with Crippen molar-refractivity contribution in [1.29, 1.82) is 0 Å². The van der Waals surface area contributed by atoms with Gasteiger partial charge in [-0.3, -0.25) is 9.59 Å². The third-order valence-corrected chi connectivity index (χ3v) is 5.22. The number of hydrogen-bond donors (Lipinski definition) is 1. The minimum atomic E-state index is -0.169. The summed E-state index contributed by atoms with van der Waals surface area (Å²) in [7, 11) is 0. The molecule has 25 heavy (non-hydrogen) atoms. The van der Waals surface area contributed by atoms with Gasteiger partial charge in [0.15, 0.2) is 5.78 Å². The van der Waals surface area contributed by atoms with Gasteiger partial charge in [-0.15, -0.1) is 0 Å². The Morgan fingerprint density at radius 2 is 1.56 bits per heavy atom. The van der Waals surface area contributed by atoms with Crippen LogP contribution in [0.4, 0.5) is 5.00 Å². The Balaban J connectivity index is 1.50. The van der Waals surface area contributed by atoms with Crippen LogP contribution in [0.1, 0.15) is 44.0 Å². The molecule has 0 fully saturated rings. The first-order valence-corrected chi connectivity index (χ1v) is 8.98. The normalized spacial score (nSPS) is 12.6. The predicted octanol–water partition coefficient (Wildman–Crippen LogP) is 4.12. The maximum atomic E-state index is 12.4. The number of hydrogen-bond acceptors (Lipinski definition) is 4. The quantitative estimate of drug-likeness (QED) is 0.722. The number of aryl methyl sites for hydroxylation is 1. The Labute approximate surface area is 149 Å². The lowest BCUT2D eigenvalue weighted by atomic mass is 10.0. The van der Waals surface area contributed by atoms with Gasteiger partial charge < -0.3 is 5.32 Å². The molecule has 1 N–H and O–H groups in total. The van der Waals surface area contributed by atoms with Crippen LogP contribution in [0.3, 0.4) is 0 Å². The van der Waals surface area contributed by atoms with Crippen molar-refractivity contribution >= 4 is 28.2 Å². The number of carbonyl (C=O) groups excluding carboxylic acids is 2. The maximum Gasteiger partial charge on any atom is 0.256 e. The van der Waals surface area contributed by atoms with Gasteiger partial charge in [-0.25, -0.2) is 0 Å². The average Bonchev–Trinajstić information content (AvgIpc) is 3.27. The minimum Gasteiger partial charge on any atom is -0.312 e. The smallest absolute Gasteiger partial charge is 0.256 e. The molecular formula is C20H16N2O2S. The Morgan fingerprint density at radius 1 is 0.880 bits per heavy atom. The zero-order valence-electron chi connectivity index (χ0n) is 13.5. The molecule has 0 saturated heterocycles. The van der Waals surface area contributed by atoms with E-state index >= 15 is 0 Å². The van der Waals surface area contributed by atoms with Gasteiger partial charge in [0, 0.05) is 22.3 Å². The molecular weight excluding hydrogens is 332 g/mol. The second-order valence-electron chi connectivity index (χ2n) is 6.02. The molecule has 1 amide bonds. The van der Waals surface area contributed by atoms with Crippen LogP contribution in [-0.2, 0) is 12.8 Å². The fourth-order valence-corrected chi connectivity index (χ4v) is 3.90. The Hall–Kier alpha value is -2.79. The number of carbonyl (C=O) groups is 2. The minimum absolute atomic E-state index is 0.0483. The van der Waals surface area contributed by atoms with E-state index in [2.05, 4.69) is 9.69 Å². The lowest BCUT2D eigenvalue weighted by Gasteiger charge is -2.06. The Morgan fingerprint density at radius 3 is 2.32 bits per heavy atom. The van der Waals surface area contributed by atoms with Crippen molar-refractivity contribution in [1.82, 2.24) is 4.37 Å². The van der Waals surface area contributed by atoms with Gasteiger partial charge in [-0.2, -0.15) is 4.37 Å². The molecule has 4 nitrogen and oxygen atoms in total. The molecule has 0 aliphatic heterocycles. The standard InChI is InChI=1S/C20H16N2O2S/c23-18(13-5-2-1-3-6-13)14-9-11-15(12-10-14)19(24)21-20-16-7-4-8-17(16)22-25-20/h1-3,5-6,9-12H,4,7-8H2,(H,21,24). The number of ketones is 1. The van der Waals surface area contributed by atoms with Gasteiger partial charge in [0.2, 0.25) is 0 Å². The number of nitrogens with one attached hydrogen (secondary N) is 1. The van der Waals surface area contributed by atoms with Crippen molar-refractivity contribution in [3.05, 3.63) is 82.5 Å². The van der Waals surface area contributed by atoms with Crippen LogP contribution in [0.2, 0.25) is 0 Å². The van der Waals surface area contributed by atoms with E-state index in [1.807, 2.05) is 18.2 Å². The first-order chi connectivity index (χ1) is 12.2. The summed E-state index contributed by atoms with van der Waals surface area (Å²) in [5.74, 6) is -0.218. The van der Waals surface area contributed by atoms with Gasteiger partial charge in [-0.05, 0) is 42.9 Å². The molecule has 0 atom stereocenters. The van der Waals surface area contributed by atoms with Gasteiger partial charge >= 0.3 is 0 Å². The van der Waals surface area contributed by atoms with E-state index in [1.54, 1.807) is 36.4 Å². The number of benzene rings is 2. The summed E-state index contributed by atoms with van der Waals surface area (Å²) >= 11 is 1.34. The topological polar surface area (TPSA) is 59.1 Å². The molecule has 0 unspecified atom stereocenters. The summed E-state index contributed by atoms with van der Waals surface area (Å²) in [5, 5.41) is 3.80. The van der Waals surface area contributed by atoms with E-state index < -0.39 is 0 Å². The van der Waals surface area contributed by atoms with E-state index in [0.29, 0.717) is 16.7 Å². The van der Waals surface area contributed by atoms with Crippen molar-refractivity contribution in [2.24, 2.45) is 0 Å². The lowest BCUT2D eigenvalue weighted by molar-refractivity contribution is 0.102. The van der Waals surface area contributed by atoms with Crippen LogP contribution in [0.25, 0.3) is 0 Å². The van der Waals surface area contributed by atoms with Crippen LogP contribution in [0.5, 0.6) is 0 Å². The van der Waals surface area contributed by atoms with Crippen molar-refractivity contribution in [3.8, 4) is 0 Å². The Bertz CT molecular complexity index is 930. The number of anilines is 1. The van der Waals surface area contributed by atoms with Crippen LogP contribution in [0.15, 0.2) is 54.6 Å². The summed E-state index contributed by atoms with van der Waals surface area (Å²) in [5.41, 5.74) is 4.03. The number of aromatic nitrogens is 1. The monoisotopic (exact) mass is 348 g/mol. The maximum absolute atomic E-state index is 12.4. The number of nitrogens with zero attached hydrogens (tertiary/aromatic N) is 1. The van der Waals surface area contributed by atoms with E-state index in [1.165, 1.54) is 17.1 Å². The van der Waals surface area contributed by atoms with Crippen molar-refractivity contribution in [2.45, 2.75) is 19.3 Å². The molecule has 5 heteroatoms. The first-order valence-electron chi connectivity index (χ1n) is 8.21. The summed E-state index contributed by atoms with van der Waals surface area (Å²) in [6, 6.07) is 15.9. The molecule has 2 aromatic carbocycles. The fraction of sp³-hybridized carbons (Fsp3) is 0.150. The van der Waals surface area contributed by atoms with E-state index in [9.17, 15) is 9.59 Å². The van der Waals surface area contributed by atoms with Crippen LogP contribution >= 0.6 is 11.5 Å².